The number of rotatable bonds is 8. The minimum atomic E-state index is -1.26. The molecule has 0 aromatic heterocycles. The molecule has 0 spiro atoms. The van der Waals surface area contributed by atoms with Crippen LogP contribution in [0, 0.1) is 5.92 Å². The van der Waals surface area contributed by atoms with E-state index >= 15 is 0 Å². The van der Waals surface area contributed by atoms with Crippen LogP contribution in [0.2, 0.25) is 5.02 Å². The zero-order chi connectivity index (χ0) is 18.2. The quantitative estimate of drug-likeness (QED) is 0.785. The van der Waals surface area contributed by atoms with Gasteiger partial charge in [0.25, 0.3) is 0 Å². The molecule has 2 rings (SSSR count). The van der Waals surface area contributed by atoms with Gasteiger partial charge in [-0.15, -0.1) is 0 Å². The van der Waals surface area contributed by atoms with E-state index in [9.17, 15) is 14.7 Å². The second-order valence-electron chi connectivity index (χ2n) is 5.55. The van der Waals surface area contributed by atoms with Crippen molar-refractivity contribution in [1.82, 2.24) is 0 Å². The van der Waals surface area contributed by atoms with Crippen LogP contribution in [0.25, 0.3) is 0 Å². The summed E-state index contributed by atoms with van der Waals surface area (Å²) in [5.41, 5.74) is 1.41. The van der Waals surface area contributed by atoms with Crippen molar-refractivity contribution in [3.05, 3.63) is 59.1 Å². The summed E-state index contributed by atoms with van der Waals surface area (Å²) in [5.74, 6) is -1.67. The van der Waals surface area contributed by atoms with Gasteiger partial charge in [0, 0.05) is 22.6 Å². The van der Waals surface area contributed by atoms with Crippen LogP contribution in [0.15, 0.2) is 48.5 Å². The van der Waals surface area contributed by atoms with E-state index in [0.717, 1.165) is 5.56 Å². The Morgan fingerprint density at radius 2 is 1.76 bits per heavy atom. The van der Waals surface area contributed by atoms with Crippen LogP contribution < -0.4 is 15.2 Å². The van der Waals surface area contributed by atoms with Crippen LogP contribution in [0.3, 0.4) is 0 Å². The van der Waals surface area contributed by atoms with Gasteiger partial charge in [-0.3, -0.25) is 4.79 Å². The highest BCUT2D eigenvalue weighted by Gasteiger charge is 2.19. The summed E-state index contributed by atoms with van der Waals surface area (Å²) < 4.78 is 5.35. The number of ether oxygens (including phenoxy) is 1. The molecular weight excluding hydrogens is 342 g/mol. The number of carboxylic acids is 1. The molecule has 0 saturated carbocycles. The van der Waals surface area contributed by atoms with E-state index < -0.39 is 11.9 Å². The molecule has 2 aromatic carbocycles. The number of nitrogens with one attached hydrogen (secondary N) is 1. The molecule has 0 aliphatic carbocycles. The lowest BCUT2D eigenvalue weighted by Crippen LogP contribution is -2.32. The number of carboxylic acid groups (broad SMARTS) is 1. The molecule has 0 heterocycles. The SMILES string of the molecule is CCOc1ccc(NC(=O)[C@H](CC(=O)[O-])Cc2ccc(Cl)cc2)cc1. The molecule has 1 N–H and O–H groups in total. The molecule has 0 bridgehead atoms. The fraction of sp³-hybridized carbons (Fsp3) is 0.263. The molecule has 0 radical (unpaired) electrons. The van der Waals surface area contributed by atoms with E-state index in [2.05, 4.69) is 5.32 Å². The summed E-state index contributed by atoms with van der Waals surface area (Å²) in [6.07, 6.45) is -0.0699. The van der Waals surface area contributed by atoms with Gasteiger partial charge in [0.1, 0.15) is 5.75 Å². The zero-order valence-electron chi connectivity index (χ0n) is 13.8. The van der Waals surface area contributed by atoms with Crippen molar-refractivity contribution in [3.8, 4) is 5.75 Å². The number of carbonyl (C=O) groups is 2. The monoisotopic (exact) mass is 360 g/mol. The second-order valence-corrected chi connectivity index (χ2v) is 5.99. The van der Waals surface area contributed by atoms with E-state index in [-0.39, 0.29) is 18.7 Å². The highest BCUT2D eigenvalue weighted by atomic mass is 35.5. The first-order valence-electron chi connectivity index (χ1n) is 7.96. The molecule has 5 nitrogen and oxygen atoms in total. The maximum atomic E-state index is 12.5. The smallest absolute Gasteiger partial charge is 0.228 e. The minimum absolute atomic E-state index is 0.286. The van der Waals surface area contributed by atoms with Crippen molar-refractivity contribution in [3.63, 3.8) is 0 Å². The van der Waals surface area contributed by atoms with Crippen LogP contribution in [0.1, 0.15) is 18.9 Å². The summed E-state index contributed by atoms with van der Waals surface area (Å²) in [5, 5.41) is 14.3. The predicted octanol–water partition coefficient (Wildman–Crippen LogP) is 2.68. The Bertz CT molecular complexity index is 713. The van der Waals surface area contributed by atoms with E-state index in [1.807, 2.05) is 6.92 Å². The Hall–Kier alpha value is -2.53. The normalized spacial score (nSPS) is 11.6. The largest absolute Gasteiger partial charge is 0.550 e. The molecular formula is C19H19ClNO4-. The van der Waals surface area contributed by atoms with Crippen molar-refractivity contribution >= 4 is 29.2 Å². The lowest BCUT2D eigenvalue weighted by atomic mass is 9.95. The zero-order valence-corrected chi connectivity index (χ0v) is 14.6. The lowest BCUT2D eigenvalue weighted by Gasteiger charge is -2.18. The van der Waals surface area contributed by atoms with Crippen LogP contribution >= 0.6 is 11.6 Å². The molecule has 1 amide bonds. The Labute approximate surface area is 151 Å². The van der Waals surface area contributed by atoms with Gasteiger partial charge in [0.2, 0.25) is 5.91 Å². The third-order valence-electron chi connectivity index (χ3n) is 3.61. The fourth-order valence-electron chi connectivity index (χ4n) is 2.41. The third kappa shape index (κ3) is 6.12. The highest BCUT2D eigenvalue weighted by Crippen LogP contribution is 2.19. The summed E-state index contributed by atoms with van der Waals surface area (Å²) in [6.45, 7) is 2.44. The highest BCUT2D eigenvalue weighted by molar-refractivity contribution is 6.30. The van der Waals surface area contributed by atoms with Gasteiger partial charge in [0.05, 0.1) is 6.61 Å². The predicted molar refractivity (Wildman–Crippen MR) is 94.5 cm³/mol. The summed E-state index contributed by atoms with van der Waals surface area (Å²) in [7, 11) is 0. The Morgan fingerprint density at radius 3 is 2.32 bits per heavy atom. The number of carbonyl (C=O) groups excluding carboxylic acids is 2. The van der Waals surface area contributed by atoms with E-state index in [0.29, 0.717) is 23.1 Å². The standard InChI is InChI=1S/C19H20ClNO4/c1-2-25-17-9-7-16(8-10-17)21-19(24)14(12-18(22)23)11-13-3-5-15(20)6-4-13/h3-10,14H,2,11-12H2,1H3,(H,21,24)(H,22,23)/p-1/t14-/m0/s1. The summed E-state index contributed by atoms with van der Waals surface area (Å²) in [4.78, 5) is 23.5. The molecule has 2 aromatic rings. The maximum absolute atomic E-state index is 12.5. The topological polar surface area (TPSA) is 78.5 Å². The van der Waals surface area contributed by atoms with Gasteiger partial charge in [-0.1, -0.05) is 23.7 Å². The fourth-order valence-corrected chi connectivity index (χ4v) is 2.54. The van der Waals surface area contributed by atoms with Crippen molar-refractivity contribution < 1.29 is 19.4 Å². The van der Waals surface area contributed by atoms with E-state index in [1.165, 1.54) is 0 Å². The average Bonchev–Trinajstić information content (AvgIpc) is 2.58. The van der Waals surface area contributed by atoms with Crippen LogP contribution in [0.4, 0.5) is 5.69 Å². The molecule has 0 saturated heterocycles. The van der Waals surface area contributed by atoms with Crippen molar-refractivity contribution in [1.29, 1.82) is 0 Å². The van der Waals surface area contributed by atoms with Crippen molar-refractivity contribution in [2.75, 3.05) is 11.9 Å². The molecule has 0 fully saturated rings. The van der Waals surface area contributed by atoms with Gasteiger partial charge >= 0.3 is 0 Å². The number of hydrogen-bond donors (Lipinski definition) is 1. The first-order valence-corrected chi connectivity index (χ1v) is 8.33. The first kappa shape index (κ1) is 18.8. The maximum Gasteiger partial charge on any atom is 0.228 e. The van der Waals surface area contributed by atoms with Crippen LogP contribution in [-0.2, 0) is 16.0 Å². The molecule has 132 valence electrons. The number of aliphatic carboxylic acids is 1. The molecule has 0 unspecified atom stereocenters. The van der Waals surface area contributed by atoms with Gasteiger partial charge in [-0.2, -0.15) is 0 Å². The lowest BCUT2D eigenvalue weighted by molar-refractivity contribution is -0.306. The summed E-state index contributed by atoms with van der Waals surface area (Å²) >= 11 is 5.84. The van der Waals surface area contributed by atoms with Gasteiger partial charge in [-0.25, -0.2) is 0 Å². The number of halogens is 1. The number of amides is 1. The van der Waals surface area contributed by atoms with Crippen LogP contribution in [0.5, 0.6) is 5.75 Å². The number of hydrogen-bond acceptors (Lipinski definition) is 4. The number of benzene rings is 2. The molecule has 0 aliphatic rings. The van der Waals surface area contributed by atoms with Crippen molar-refractivity contribution in [2.24, 2.45) is 5.92 Å². The van der Waals surface area contributed by atoms with Crippen LogP contribution in [-0.4, -0.2) is 18.5 Å². The second kappa shape index (κ2) is 9.08. The molecule has 6 heteroatoms. The van der Waals surface area contributed by atoms with E-state index in [1.54, 1.807) is 48.5 Å². The first-order chi connectivity index (χ1) is 12.0. The van der Waals surface area contributed by atoms with Crippen molar-refractivity contribution in [2.45, 2.75) is 19.8 Å². The molecule has 25 heavy (non-hydrogen) atoms. The Balaban J connectivity index is 2.06. The number of anilines is 1. The third-order valence-corrected chi connectivity index (χ3v) is 3.86. The minimum Gasteiger partial charge on any atom is -0.550 e. The average molecular weight is 361 g/mol. The summed E-state index contributed by atoms with van der Waals surface area (Å²) in [6, 6.07) is 13.9. The van der Waals surface area contributed by atoms with E-state index in [4.69, 9.17) is 16.3 Å². The van der Waals surface area contributed by atoms with Gasteiger partial charge < -0.3 is 20.0 Å². The molecule has 1 atom stereocenters. The van der Waals surface area contributed by atoms with Gasteiger partial charge in [-0.05, 0) is 61.7 Å². The molecule has 0 aliphatic heterocycles. The van der Waals surface area contributed by atoms with Gasteiger partial charge in [0.15, 0.2) is 0 Å². The Morgan fingerprint density at radius 1 is 1.12 bits per heavy atom. The Kier molecular flexibility index (Phi) is 6.83.